The van der Waals surface area contributed by atoms with Gasteiger partial charge in [0.15, 0.2) is 0 Å². The van der Waals surface area contributed by atoms with E-state index in [0.717, 1.165) is 34.0 Å². The van der Waals surface area contributed by atoms with Crippen LogP contribution in [0.2, 0.25) is 0 Å². The zero-order valence-corrected chi connectivity index (χ0v) is 14.5. The van der Waals surface area contributed by atoms with Gasteiger partial charge in [0.1, 0.15) is 0 Å². The van der Waals surface area contributed by atoms with Crippen LogP contribution >= 0.6 is 15.9 Å². The molecule has 0 saturated carbocycles. The molecule has 0 bridgehead atoms. The van der Waals surface area contributed by atoms with Crippen molar-refractivity contribution in [1.82, 2.24) is 10.3 Å². The Morgan fingerprint density at radius 2 is 2.05 bits per heavy atom. The van der Waals surface area contributed by atoms with Crippen LogP contribution in [-0.4, -0.2) is 24.2 Å². The first kappa shape index (κ1) is 16.4. The van der Waals surface area contributed by atoms with Crippen LogP contribution in [-0.2, 0) is 4.74 Å². The number of rotatable bonds is 7. The molecule has 0 aliphatic rings. The van der Waals surface area contributed by atoms with E-state index in [9.17, 15) is 0 Å². The Bertz CT molecular complexity index is 586. The van der Waals surface area contributed by atoms with Crippen LogP contribution < -0.4 is 5.32 Å². The molecule has 1 atom stereocenters. The van der Waals surface area contributed by atoms with E-state index in [1.54, 1.807) is 0 Å². The molecule has 2 aromatic rings. The number of hydrogen-bond donors (Lipinski definition) is 1. The maximum absolute atomic E-state index is 5.80. The number of aromatic nitrogens is 1. The molecule has 0 radical (unpaired) electrons. The summed E-state index contributed by atoms with van der Waals surface area (Å²) in [4.78, 5) is 4.82. The van der Waals surface area contributed by atoms with Gasteiger partial charge in [-0.25, -0.2) is 4.98 Å². The summed E-state index contributed by atoms with van der Waals surface area (Å²) in [7, 11) is 0. The molecule has 0 aliphatic carbocycles. The maximum atomic E-state index is 5.80. The Labute approximate surface area is 135 Å². The first-order chi connectivity index (χ1) is 10.1. The molecule has 21 heavy (non-hydrogen) atoms. The van der Waals surface area contributed by atoms with Crippen LogP contribution in [0.25, 0.3) is 10.9 Å². The number of halogens is 1. The van der Waals surface area contributed by atoms with Crippen molar-refractivity contribution >= 4 is 26.8 Å². The monoisotopic (exact) mass is 350 g/mol. The molecule has 0 aliphatic heterocycles. The standard InChI is InChI=1S/C17H23BrN2O/c1-4-9-19-16(11-21-12(2)3)17-14(18)10-13-7-5-6-8-15(13)20-17/h5-8,10,12,16,19H,4,9,11H2,1-3H3. The summed E-state index contributed by atoms with van der Waals surface area (Å²) in [6, 6.07) is 10.4. The predicted octanol–water partition coefficient (Wildman–Crippen LogP) is 4.46. The van der Waals surface area contributed by atoms with Gasteiger partial charge in [0, 0.05) is 9.86 Å². The number of hydrogen-bond acceptors (Lipinski definition) is 3. The van der Waals surface area contributed by atoms with Gasteiger partial charge in [-0.3, -0.25) is 0 Å². The molecule has 4 heteroatoms. The van der Waals surface area contributed by atoms with Gasteiger partial charge in [0.25, 0.3) is 0 Å². The smallest absolute Gasteiger partial charge is 0.0746 e. The summed E-state index contributed by atoms with van der Waals surface area (Å²) in [5.74, 6) is 0. The van der Waals surface area contributed by atoms with E-state index >= 15 is 0 Å². The van der Waals surface area contributed by atoms with Gasteiger partial charge in [-0.1, -0.05) is 25.1 Å². The molecule has 1 unspecified atom stereocenters. The van der Waals surface area contributed by atoms with E-state index < -0.39 is 0 Å². The topological polar surface area (TPSA) is 34.1 Å². The summed E-state index contributed by atoms with van der Waals surface area (Å²) in [5, 5.41) is 4.67. The van der Waals surface area contributed by atoms with Crippen molar-refractivity contribution in [1.29, 1.82) is 0 Å². The zero-order chi connectivity index (χ0) is 15.2. The molecule has 1 aromatic heterocycles. The number of para-hydroxylation sites is 1. The van der Waals surface area contributed by atoms with Crippen molar-refractivity contribution < 1.29 is 4.74 Å². The SMILES string of the molecule is CCCNC(COC(C)C)c1nc2ccccc2cc1Br. The zero-order valence-electron chi connectivity index (χ0n) is 12.9. The first-order valence-electron chi connectivity index (χ1n) is 7.52. The van der Waals surface area contributed by atoms with Gasteiger partial charge >= 0.3 is 0 Å². The van der Waals surface area contributed by atoms with E-state index in [4.69, 9.17) is 9.72 Å². The average molecular weight is 351 g/mol. The maximum Gasteiger partial charge on any atom is 0.0746 e. The highest BCUT2D eigenvalue weighted by Gasteiger charge is 2.17. The first-order valence-corrected chi connectivity index (χ1v) is 8.31. The van der Waals surface area contributed by atoms with Gasteiger partial charge in [-0.15, -0.1) is 0 Å². The Kier molecular flexibility index (Phi) is 6.15. The number of pyridine rings is 1. The third kappa shape index (κ3) is 4.50. The minimum absolute atomic E-state index is 0.103. The van der Waals surface area contributed by atoms with Gasteiger partial charge in [0.05, 0.1) is 30.0 Å². The number of benzene rings is 1. The van der Waals surface area contributed by atoms with Crippen molar-refractivity contribution in [3.8, 4) is 0 Å². The van der Waals surface area contributed by atoms with Crippen LogP contribution in [0.4, 0.5) is 0 Å². The van der Waals surface area contributed by atoms with Crippen LogP contribution in [0.1, 0.15) is 38.9 Å². The highest BCUT2D eigenvalue weighted by atomic mass is 79.9. The van der Waals surface area contributed by atoms with E-state index in [0.29, 0.717) is 6.61 Å². The van der Waals surface area contributed by atoms with Crippen molar-refractivity contribution in [2.75, 3.05) is 13.2 Å². The molecule has 1 aromatic carbocycles. The lowest BCUT2D eigenvalue weighted by Crippen LogP contribution is -2.28. The third-order valence-corrected chi connectivity index (χ3v) is 3.91. The van der Waals surface area contributed by atoms with E-state index in [1.165, 1.54) is 0 Å². The summed E-state index contributed by atoms with van der Waals surface area (Å²) >= 11 is 3.66. The van der Waals surface area contributed by atoms with Crippen molar-refractivity contribution in [3.63, 3.8) is 0 Å². The number of nitrogens with zero attached hydrogens (tertiary/aromatic N) is 1. The van der Waals surface area contributed by atoms with E-state index in [1.807, 2.05) is 18.2 Å². The molecular formula is C17H23BrN2O. The molecule has 1 heterocycles. The molecule has 0 fully saturated rings. The third-order valence-electron chi connectivity index (χ3n) is 3.27. The molecule has 0 amide bonds. The predicted molar refractivity (Wildman–Crippen MR) is 91.6 cm³/mol. The van der Waals surface area contributed by atoms with E-state index in [2.05, 4.69) is 54.2 Å². The Morgan fingerprint density at radius 1 is 1.29 bits per heavy atom. The average Bonchev–Trinajstić information content (AvgIpc) is 2.47. The molecule has 1 N–H and O–H groups in total. The second-order valence-electron chi connectivity index (χ2n) is 5.44. The van der Waals surface area contributed by atoms with Gasteiger partial charge < -0.3 is 10.1 Å². The van der Waals surface area contributed by atoms with Crippen molar-refractivity contribution in [2.24, 2.45) is 0 Å². The van der Waals surface area contributed by atoms with Crippen molar-refractivity contribution in [2.45, 2.75) is 39.3 Å². The molecule has 0 saturated heterocycles. The molecule has 3 nitrogen and oxygen atoms in total. The van der Waals surface area contributed by atoms with Crippen LogP contribution in [0.3, 0.4) is 0 Å². The largest absolute Gasteiger partial charge is 0.377 e. The summed E-state index contributed by atoms with van der Waals surface area (Å²) in [5.41, 5.74) is 2.03. The van der Waals surface area contributed by atoms with Gasteiger partial charge in [-0.05, 0) is 54.9 Å². The summed E-state index contributed by atoms with van der Waals surface area (Å²) in [6.07, 6.45) is 1.30. The highest BCUT2D eigenvalue weighted by molar-refractivity contribution is 9.10. The normalized spacial score (nSPS) is 13.0. The fraction of sp³-hybridized carbons (Fsp3) is 0.471. The van der Waals surface area contributed by atoms with Gasteiger partial charge in [0.2, 0.25) is 0 Å². The quantitative estimate of drug-likeness (QED) is 0.800. The second-order valence-corrected chi connectivity index (χ2v) is 6.29. The Morgan fingerprint density at radius 3 is 2.76 bits per heavy atom. The lowest BCUT2D eigenvalue weighted by atomic mass is 10.1. The minimum atomic E-state index is 0.103. The fourth-order valence-corrected chi connectivity index (χ4v) is 2.80. The molecule has 2 rings (SSSR count). The van der Waals surface area contributed by atoms with E-state index in [-0.39, 0.29) is 12.1 Å². The lowest BCUT2D eigenvalue weighted by Gasteiger charge is -2.21. The van der Waals surface area contributed by atoms with Crippen molar-refractivity contribution in [3.05, 3.63) is 40.5 Å². The number of nitrogens with one attached hydrogen (secondary N) is 1. The van der Waals surface area contributed by atoms with Crippen LogP contribution in [0.15, 0.2) is 34.8 Å². The summed E-state index contributed by atoms with van der Waals surface area (Å²) in [6.45, 7) is 7.85. The summed E-state index contributed by atoms with van der Waals surface area (Å²) < 4.78 is 6.83. The van der Waals surface area contributed by atoms with Crippen LogP contribution in [0, 0.1) is 0 Å². The molecular weight excluding hydrogens is 328 g/mol. The second kappa shape index (κ2) is 7.87. The lowest BCUT2D eigenvalue weighted by molar-refractivity contribution is 0.0602. The van der Waals surface area contributed by atoms with Gasteiger partial charge in [-0.2, -0.15) is 0 Å². The molecule has 0 spiro atoms. The minimum Gasteiger partial charge on any atom is -0.377 e. The number of ether oxygens (including phenoxy) is 1. The molecule has 114 valence electrons. The fourth-order valence-electron chi connectivity index (χ4n) is 2.19. The number of fused-ring (bicyclic) bond motifs is 1. The highest BCUT2D eigenvalue weighted by Crippen LogP contribution is 2.26. The Hall–Kier alpha value is -0.970. The van der Waals surface area contributed by atoms with Crippen LogP contribution in [0.5, 0.6) is 0 Å². The Balaban J connectivity index is 2.30.